The average Bonchev–Trinajstić information content (AvgIpc) is 2.81. The predicted molar refractivity (Wildman–Crippen MR) is 120 cm³/mol. The molecule has 0 amide bonds. The monoisotopic (exact) mass is 437 g/mol. The number of hydrogen-bond donors (Lipinski definition) is 3. The van der Waals surface area contributed by atoms with Crippen molar-refractivity contribution in [3.8, 4) is 5.75 Å². The highest BCUT2D eigenvalue weighted by atomic mass is 19.1. The zero-order valence-electron chi connectivity index (χ0n) is 17.4. The van der Waals surface area contributed by atoms with Crippen molar-refractivity contribution < 1.29 is 13.9 Å². The van der Waals surface area contributed by atoms with Crippen molar-refractivity contribution in [2.45, 2.75) is 0 Å². The Bertz CT molecular complexity index is 1190. The van der Waals surface area contributed by atoms with E-state index in [1.54, 1.807) is 0 Å². The van der Waals surface area contributed by atoms with E-state index in [0.717, 1.165) is 38.5 Å². The number of H-pyrrole nitrogens is 1. The Hall–Kier alpha value is -3.56. The summed E-state index contributed by atoms with van der Waals surface area (Å²) in [5.74, 6) is 0.299. The lowest BCUT2D eigenvalue weighted by Crippen LogP contribution is -2.38. The number of pyridine rings is 1. The lowest BCUT2D eigenvalue weighted by Gasteiger charge is -2.26. The number of nitrogens with one attached hydrogen (secondary N) is 3. The van der Waals surface area contributed by atoms with Crippen LogP contribution in [0.15, 0.2) is 64.6 Å². The number of ether oxygens (including phenoxy) is 2. The van der Waals surface area contributed by atoms with Crippen LogP contribution in [0.4, 0.5) is 10.1 Å². The molecule has 4 rings (SSSR count). The Morgan fingerprint density at radius 2 is 2.09 bits per heavy atom. The van der Waals surface area contributed by atoms with E-state index in [2.05, 4.69) is 20.3 Å². The Kier molecular flexibility index (Phi) is 6.88. The molecule has 8 nitrogen and oxygen atoms in total. The Labute approximate surface area is 184 Å². The van der Waals surface area contributed by atoms with E-state index >= 15 is 0 Å². The van der Waals surface area contributed by atoms with Crippen molar-refractivity contribution in [3.05, 3.63) is 76.5 Å². The number of fused-ring (bicyclic) bond motifs is 1. The molecule has 2 heterocycles. The molecule has 0 atom stereocenters. The number of aromatic nitrogens is 1. The highest BCUT2D eigenvalue weighted by molar-refractivity contribution is 5.82. The minimum absolute atomic E-state index is 0.121. The number of nitrogens with zero attached hydrogens (tertiary/aromatic N) is 2. The van der Waals surface area contributed by atoms with Gasteiger partial charge in [-0.05, 0) is 36.4 Å². The van der Waals surface area contributed by atoms with Gasteiger partial charge in [-0.3, -0.25) is 9.69 Å². The molecule has 1 fully saturated rings. The fourth-order valence-electron chi connectivity index (χ4n) is 3.48. The van der Waals surface area contributed by atoms with Crippen molar-refractivity contribution in [1.29, 1.82) is 5.53 Å². The van der Waals surface area contributed by atoms with Crippen LogP contribution in [0.3, 0.4) is 0 Å². The third kappa shape index (κ3) is 5.37. The van der Waals surface area contributed by atoms with Crippen LogP contribution in [0, 0.1) is 11.3 Å². The summed E-state index contributed by atoms with van der Waals surface area (Å²) in [5.41, 5.74) is 8.61. The zero-order chi connectivity index (χ0) is 22.3. The minimum Gasteiger partial charge on any atom is -0.492 e. The van der Waals surface area contributed by atoms with Crippen LogP contribution in [0.1, 0.15) is 5.56 Å². The van der Waals surface area contributed by atoms with Gasteiger partial charge in [-0.1, -0.05) is 6.07 Å². The first-order valence-corrected chi connectivity index (χ1v) is 10.3. The molecular formula is C23H24FN5O3. The topological polar surface area (TPSA) is 103 Å². The molecule has 9 heteroatoms. The number of anilines is 1. The largest absolute Gasteiger partial charge is 0.492 e. The lowest BCUT2D eigenvalue weighted by molar-refractivity contribution is 0.0322. The predicted octanol–water partition coefficient (Wildman–Crippen LogP) is 3.82. The molecule has 0 saturated carbocycles. The van der Waals surface area contributed by atoms with Crippen molar-refractivity contribution in [3.63, 3.8) is 0 Å². The van der Waals surface area contributed by atoms with Crippen molar-refractivity contribution in [2.24, 2.45) is 5.11 Å². The normalized spacial score (nSPS) is 15.0. The highest BCUT2D eigenvalue weighted by Gasteiger charge is 2.11. The quantitative estimate of drug-likeness (QED) is 0.465. The number of halogens is 1. The zero-order valence-corrected chi connectivity index (χ0v) is 17.4. The SMILES string of the molecule is N=N/C(=C\Nc1cccc(OCCN2CCOCC2)c1)c1cc2cc(F)ccc2[nH]c1=O. The maximum absolute atomic E-state index is 13.6. The van der Waals surface area contributed by atoms with Gasteiger partial charge in [0.2, 0.25) is 0 Å². The van der Waals surface area contributed by atoms with Crippen LogP contribution >= 0.6 is 0 Å². The molecular weight excluding hydrogens is 413 g/mol. The van der Waals surface area contributed by atoms with Gasteiger partial charge < -0.3 is 19.8 Å². The fourth-order valence-corrected chi connectivity index (χ4v) is 3.48. The van der Waals surface area contributed by atoms with E-state index in [1.165, 1.54) is 30.5 Å². The second-order valence-electron chi connectivity index (χ2n) is 7.36. The van der Waals surface area contributed by atoms with Crippen LogP contribution in [0.25, 0.3) is 16.6 Å². The number of hydrogen-bond acceptors (Lipinski definition) is 7. The number of benzene rings is 2. The summed E-state index contributed by atoms with van der Waals surface area (Å²) in [4.78, 5) is 17.4. The average molecular weight is 437 g/mol. The first-order valence-electron chi connectivity index (χ1n) is 10.3. The summed E-state index contributed by atoms with van der Waals surface area (Å²) < 4.78 is 24.8. The molecule has 2 aromatic carbocycles. The number of aromatic amines is 1. The molecule has 32 heavy (non-hydrogen) atoms. The van der Waals surface area contributed by atoms with Crippen molar-refractivity contribution in [2.75, 3.05) is 44.8 Å². The van der Waals surface area contributed by atoms with Crippen molar-refractivity contribution >= 4 is 22.3 Å². The van der Waals surface area contributed by atoms with Crippen LogP contribution < -0.4 is 15.6 Å². The van der Waals surface area contributed by atoms with Crippen LogP contribution in [0.2, 0.25) is 0 Å². The Morgan fingerprint density at radius 3 is 2.91 bits per heavy atom. The van der Waals surface area contributed by atoms with E-state index < -0.39 is 11.4 Å². The Balaban J connectivity index is 1.45. The van der Waals surface area contributed by atoms with Gasteiger partial charge in [0.05, 0.1) is 18.8 Å². The number of rotatable bonds is 8. The second-order valence-corrected chi connectivity index (χ2v) is 7.36. The van der Waals surface area contributed by atoms with Gasteiger partial charge in [-0.15, -0.1) is 0 Å². The summed E-state index contributed by atoms with van der Waals surface area (Å²) in [5, 5.41) is 7.04. The van der Waals surface area contributed by atoms with Gasteiger partial charge in [0, 0.05) is 48.5 Å². The maximum atomic E-state index is 13.6. The fraction of sp³-hybridized carbons (Fsp3) is 0.261. The third-order valence-corrected chi connectivity index (χ3v) is 5.19. The maximum Gasteiger partial charge on any atom is 0.258 e. The van der Waals surface area contributed by atoms with E-state index in [-0.39, 0.29) is 11.3 Å². The van der Waals surface area contributed by atoms with Gasteiger partial charge >= 0.3 is 0 Å². The standard InChI is InChI=1S/C23H24FN5O3/c24-17-4-5-21-16(12-17)13-20(23(30)27-21)22(28-25)15-26-18-2-1-3-19(14-18)32-11-8-29-6-9-31-10-7-29/h1-5,12-15,25-26H,6-11H2,(H,27,30)/b22-15-,28-25?. The van der Waals surface area contributed by atoms with E-state index in [9.17, 15) is 9.18 Å². The molecule has 0 unspecified atom stereocenters. The molecule has 3 aromatic rings. The Morgan fingerprint density at radius 1 is 1.25 bits per heavy atom. The molecule has 1 saturated heterocycles. The summed E-state index contributed by atoms with van der Waals surface area (Å²) in [6.45, 7) is 4.73. The summed E-state index contributed by atoms with van der Waals surface area (Å²) in [6.07, 6.45) is 1.47. The van der Waals surface area contributed by atoms with Gasteiger partial charge in [-0.25, -0.2) is 9.92 Å². The smallest absolute Gasteiger partial charge is 0.258 e. The minimum atomic E-state index is -0.410. The second kappa shape index (κ2) is 10.2. The lowest BCUT2D eigenvalue weighted by atomic mass is 10.1. The number of morpholine rings is 1. The molecule has 0 aliphatic carbocycles. The molecule has 3 N–H and O–H groups in total. The van der Waals surface area contributed by atoms with E-state index in [1.807, 2.05) is 24.3 Å². The van der Waals surface area contributed by atoms with Gasteiger partial charge in [0.1, 0.15) is 23.9 Å². The molecule has 1 aliphatic rings. The summed E-state index contributed by atoms with van der Waals surface area (Å²) in [6, 6.07) is 13.0. The van der Waals surface area contributed by atoms with Crippen LogP contribution in [-0.2, 0) is 4.74 Å². The summed E-state index contributed by atoms with van der Waals surface area (Å²) >= 11 is 0. The van der Waals surface area contributed by atoms with Gasteiger partial charge in [-0.2, -0.15) is 5.11 Å². The first-order chi connectivity index (χ1) is 15.6. The van der Waals surface area contributed by atoms with E-state index in [0.29, 0.717) is 23.3 Å². The van der Waals surface area contributed by atoms with Crippen LogP contribution in [0.5, 0.6) is 5.75 Å². The van der Waals surface area contributed by atoms with Gasteiger partial charge in [0.15, 0.2) is 0 Å². The highest BCUT2D eigenvalue weighted by Crippen LogP contribution is 2.21. The molecule has 1 aromatic heterocycles. The summed E-state index contributed by atoms with van der Waals surface area (Å²) in [7, 11) is 0. The van der Waals surface area contributed by atoms with Crippen LogP contribution in [-0.4, -0.2) is 49.3 Å². The molecule has 0 bridgehead atoms. The van der Waals surface area contributed by atoms with Crippen molar-refractivity contribution in [1.82, 2.24) is 9.88 Å². The molecule has 1 aliphatic heterocycles. The van der Waals surface area contributed by atoms with E-state index in [4.69, 9.17) is 15.0 Å². The first kappa shape index (κ1) is 21.7. The molecule has 0 radical (unpaired) electrons. The molecule has 166 valence electrons. The third-order valence-electron chi connectivity index (χ3n) is 5.19. The molecule has 0 spiro atoms. The van der Waals surface area contributed by atoms with Gasteiger partial charge in [0.25, 0.3) is 5.56 Å².